The normalized spacial score (nSPS) is 11.6. The zero-order chi connectivity index (χ0) is 17.7. The van der Waals surface area contributed by atoms with E-state index >= 15 is 0 Å². The number of benzene rings is 2. The van der Waals surface area contributed by atoms with Gasteiger partial charge in [0.1, 0.15) is 5.82 Å². The molecule has 24 heavy (non-hydrogen) atoms. The number of ether oxygens (including phenoxy) is 1. The predicted octanol–water partition coefficient (Wildman–Crippen LogP) is 3.30. The largest absolute Gasteiger partial charge is 0.477 e. The van der Waals surface area contributed by atoms with Crippen molar-refractivity contribution in [3.05, 3.63) is 69.5 Å². The van der Waals surface area contributed by atoms with Gasteiger partial charge in [-0.3, -0.25) is 14.9 Å². The molecule has 6 nitrogen and oxygen atoms in total. The Morgan fingerprint density at radius 3 is 2.71 bits per heavy atom. The van der Waals surface area contributed by atoms with Gasteiger partial charge in [0.05, 0.1) is 11.0 Å². The number of carbonyl (C=O) groups is 1. The molecule has 7 heteroatoms. The molecule has 0 saturated carbocycles. The fourth-order valence-corrected chi connectivity index (χ4v) is 2.33. The molecule has 2 rings (SSSR count). The van der Waals surface area contributed by atoms with E-state index in [-0.39, 0.29) is 11.8 Å². The standard InChI is InChI=1S/C17H17FN2O4/c1-11-5-3-4-6-14(11)12(2)19-17(21)10-24-16-9-13(18)7-8-15(16)20(22)23/h3-9,12H,10H2,1-2H3,(H,19,21)/t12-/m1/s1. The number of hydrogen-bond acceptors (Lipinski definition) is 4. The number of nitrogens with zero attached hydrogens (tertiary/aromatic N) is 1. The minimum atomic E-state index is -0.692. The van der Waals surface area contributed by atoms with Crippen molar-refractivity contribution in [3.8, 4) is 5.75 Å². The lowest BCUT2D eigenvalue weighted by molar-refractivity contribution is -0.385. The molecule has 2 aromatic carbocycles. The third-order valence-corrected chi connectivity index (χ3v) is 3.51. The summed E-state index contributed by atoms with van der Waals surface area (Å²) in [5, 5.41) is 13.6. The summed E-state index contributed by atoms with van der Waals surface area (Å²) in [6.45, 7) is 3.32. The molecule has 1 amide bonds. The maximum Gasteiger partial charge on any atom is 0.311 e. The number of nitrogens with one attached hydrogen (secondary N) is 1. The molecule has 0 heterocycles. The smallest absolute Gasteiger partial charge is 0.311 e. The summed E-state index contributed by atoms with van der Waals surface area (Å²) >= 11 is 0. The molecule has 0 fully saturated rings. The van der Waals surface area contributed by atoms with Crippen molar-refractivity contribution in [1.82, 2.24) is 5.32 Å². The number of hydrogen-bond donors (Lipinski definition) is 1. The Kier molecular flexibility index (Phi) is 5.47. The minimum absolute atomic E-state index is 0.246. The molecule has 0 aromatic heterocycles. The van der Waals surface area contributed by atoms with E-state index < -0.39 is 28.9 Å². The molecular formula is C17H17FN2O4. The van der Waals surface area contributed by atoms with E-state index in [0.717, 1.165) is 29.3 Å². The first-order chi connectivity index (χ1) is 11.4. The first-order valence-corrected chi connectivity index (χ1v) is 7.30. The van der Waals surface area contributed by atoms with Crippen molar-refractivity contribution in [3.63, 3.8) is 0 Å². The van der Waals surface area contributed by atoms with Crippen LogP contribution in [-0.4, -0.2) is 17.4 Å². The van der Waals surface area contributed by atoms with Gasteiger partial charge in [0.25, 0.3) is 5.91 Å². The highest BCUT2D eigenvalue weighted by atomic mass is 19.1. The number of amides is 1. The lowest BCUT2D eigenvalue weighted by atomic mass is 10.0. The Balaban J connectivity index is 2.00. The Morgan fingerprint density at radius 1 is 1.33 bits per heavy atom. The highest BCUT2D eigenvalue weighted by Crippen LogP contribution is 2.27. The lowest BCUT2D eigenvalue weighted by Crippen LogP contribution is -2.31. The Bertz CT molecular complexity index is 764. The summed E-state index contributed by atoms with van der Waals surface area (Å²) in [6, 6.07) is 10.2. The summed E-state index contributed by atoms with van der Waals surface area (Å²) < 4.78 is 18.3. The Morgan fingerprint density at radius 2 is 2.04 bits per heavy atom. The third-order valence-electron chi connectivity index (χ3n) is 3.51. The lowest BCUT2D eigenvalue weighted by Gasteiger charge is -2.16. The number of nitro groups is 1. The van der Waals surface area contributed by atoms with Crippen molar-refractivity contribution in [1.29, 1.82) is 0 Å². The second kappa shape index (κ2) is 7.54. The summed E-state index contributed by atoms with van der Waals surface area (Å²) in [5.41, 5.74) is 1.60. The van der Waals surface area contributed by atoms with Crippen molar-refractivity contribution in [2.75, 3.05) is 6.61 Å². The van der Waals surface area contributed by atoms with Crippen LogP contribution in [0.25, 0.3) is 0 Å². The summed E-state index contributed by atoms with van der Waals surface area (Å²) in [4.78, 5) is 22.2. The van der Waals surface area contributed by atoms with Gasteiger partial charge in [0.2, 0.25) is 5.75 Å². The highest BCUT2D eigenvalue weighted by molar-refractivity contribution is 5.78. The number of carbonyl (C=O) groups excluding carboxylic acids is 1. The fourth-order valence-electron chi connectivity index (χ4n) is 2.33. The molecule has 0 unspecified atom stereocenters. The third kappa shape index (κ3) is 4.28. The van der Waals surface area contributed by atoms with E-state index in [2.05, 4.69) is 5.32 Å². The van der Waals surface area contributed by atoms with E-state index in [1.165, 1.54) is 0 Å². The van der Waals surface area contributed by atoms with Gasteiger partial charge in [-0.25, -0.2) is 4.39 Å². The van der Waals surface area contributed by atoms with Crippen LogP contribution in [-0.2, 0) is 4.79 Å². The summed E-state index contributed by atoms with van der Waals surface area (Å²) in [6.07, 6.45) is 0. The van der Waals surface area contributed by atoms with Gasteiger partial charge in [0, 0.05) is 12.1 Å². The van der Waals surface area contributed by atoms with Gasteiger partial charge in [-0.2, -0.15) is 0 Å². The average Bonchev–Trinajstić information content (AvgIpc) is 2.53. The van der Waals surface area contributed by atoms with E-state index in [0.29, 0.717) is 0 Å². The molecule has 126 valence electrons. The zero-order valence-corrected chi connectivity index (χ0v) is 13.3. The van der Waals surface area contributed by atoms with Gasteiger partial charge >= 0.3 is 5.69 Å². The maximum atomic E-state index is 13.2. The van der Waals surface area contributed by atoms with Gasteiger partial charge < -0.3 is 10.1 Å². The van der Waals surface area contributed by atoms with Crippen LogP contribution >= 0.6 is 0 Å². The van der Waals surface area contributed by atoms with E-state index in [1.54, 1.807) is 0 Å². The highest BCUT2D eigenvalue weighted by Gasteiger charge is 2.18. The quantitative estimate of drug-likeness (QED) is 0.650. The minimum Gasteiger partial charge on any atom is -0.477 e. The molecule has 0 radical (unpaired) electrons. The van der Waals surface area contributed by atoms with Crippen LogP contribution in [0.2, 0.25) is 0 Å². The van der Waals surface area contributed by atoms with E-state index in [9.17, 15) is 19.3 Å². The fraction of sp³-hybridized carbons (Fsp3) is 0.235. The van der Waals surface area contributed by atoms with Gasteiger partial charge in [-0.05, 0) is 31.0 Å². The van der Waals surface area contributed by atoms with E-state index in [1.807, 2.05) is 38.1 Å². The Labute approximate surface area is 138 Å². The van der Waals surface area contributed by atoms with Crippen molar-refractivity contribution < 1.29 is 18.8 Å². The zero-order valence-electron chi connectivity index (χ0n) is 13.3. The SMILES string of the molecule is Cc1ccccc1[C@@H](C)NC(=O)COc1cc(F)ccc1[N+](=O)[O-]. The number of nitro benzene ring substituents is 1. The molecule has 0 aliphatic rings. The first kappa shape index (κ1) is 17.4. The topological polar surface area (TPSA) is 81.5 Å². The second-order valence-electron chi connectivity index (χ2n) is 5.30. The molecule has 0 aliphatic heterocycles. The van der Waals surface area contributed by atoms with Crippen molar-refractivity contribution in [2.45, 2.75) is 19.9 Å². The first-order valence-electron chi connectivity index (χ1n) is 7.30. The molecular weight excluding hydrogens is 315 g/mol. The van der Waals surface area contributed by atoms with Gasteiger partial charge in [-0.15, -0.1) is 0 Å². The van der Waals surface area contributed by atoms with Crippen LogP contribution in [0.3, 0.4) is 0 Å². The maximum absolute atomic E-state index is 13.2. The van der Waals surface area contributed by atoms with Crippen LogP contribution in [0, 0.1) is 22.9 Å². The van der Waals surface area contributed by atoms with Crippen LogP contribution in [0.15, 0.2) is 42.5 Å². The van der Waals surface area contributed by atoms with Gasteiger partial charge in [-0.1, -0.05) is 24.3 Å². The molecule has 0 bridgehead atoms. The molecule has 0 saturated heterocycles. The summed E-state index contributed by atoms with van der Waals surface area (Å²) in [7, 11) is 0. The van der Waals surface area contributed by atoms with Crippen LogP contribution in [0.1, 0.15) is 24.1 Å². The Hall–Kier alpha value is -2.96. The van der Waals surface area contributed by atoms with Crippen LogP contribution in [0.4, 0.5) is 10.1 Å². The van der Waals surface area contributed by atoms with Crippen LogP contribution < -0.4 is 10.1 Å². The predicted molar refractivity (Wildman–Crippen MR) is 86.3 cm³/mol. The number of halogens is 1. The van der Waals surface area contributed by atoms with Crippen molar-refractivity contribution in [2.24, 2.45) is 0 Å². The molecule has 0 spiro atoms. The average molecular weight is 332 g/mol. The molecule has 1 N–H and O–H groups in total. The molecule has 1 atom stereocenters. The number of aryl methyl sites for hydroxylation is 1. The van der Waals surface area contributed by atoms with Crippen LogP contribution in [0.5, 0.6) is 5.75 Å². The monoisotopic (exact) mass is 332 g/mol. The molecule has 2 aromatic rings. The van der Waals surface area contributed by atoms with Crippen molar-refractivity contribution >= 4 is 11.6 Å². The van der Waals surface area contributed by atoms with Gasteiger partial charge in [0.15, 0.2) is 6.61 Å². The van der Waals surface area contributed by atoms with E-state index in [4.69, 9.17) is 4.74 Å². The summed E-state index contributed by atoms with van der Waals surface area (Å²) in [5.74, 6) is -1.41. The molecule has 0 aliphatic carbocycles. The second-order valence-corrected chi connectivity index (χ2v) is 5.30. The number of rotatable bonds is 6.